The number of anilines is 1. The number of hydrogen-bond acceptors (Lipinski definition) is 2. The van der Waals surface area contributed by atoms with Crippen molar-refractivity contribution in [1.82, 2.24) is 0 Å². The van der Waals surface area contributed by atoms with Gasteiger partial charge in [-0.25, -0.2) is 4.39 Å². The van der Waals surface area contributed by atoms with Gasteiger partial charge in [0.1, 0.15) is 5.82 Å². The van der Waals surface area contributed by atoms with Crippen molar-refractivity contribution in [2.75, 3.05) is 11.9 Å². The molecule has 4 heteroatoms. The Balaban J connectivity index is 1.91. The minimum atomic E-state index is -0.314. The Kier molecular flexibility index (Phi) is 4.68. The summed E-state index contributed by atoms with van der Waals surface area (Å²) in [5.41, 5.74) is 1.70. The molecule has 2 aromatic rings. The first-order chi connectivity index (χ1) is 9.15. The third-order valence-corrected chi connectivity index (χ3v) is 3.40. The van der Waals surface area contributed by atoms with Crippen LogP contribution in [0.25, 0.3) is 0 Å². The molecule has 0 saturated carbocycles. The van der Waals surface area contributed by atoms with Crippen molar-refractivity contribution >= 4 is 27.4 Å². The van der Waals surface area contributed by atoms with Crippen molar-refractivity contribution in [3.63, 3.8) is 0 Å². The summed E-state index contributed by atoms with van der Waals surface area (Å²) in [7, 11) is 0. The zero-order valence-corrected chi connectivity index (χ0v) is 11.8. The summed E-state index contributed by atoms with van der Waals surface area (Å²) in [5, 5.41) is 3.06. The van der Waals surface area contributed by atoms with E-state index in [1.807, 2.05) is 30.3 Å². The molecule has 2 nitrogen and oxygen atoms in total. The van der Waals surface area contributed by atoms with Crippen molar-refractivity contribution < 1.29 is 9.18 Å². The highest BCUT2D eigenvalue weighted by molar-refractivity contribution is 9.10. The van der Waals surface area contributed by atoms with Crippen LogP contribution in [-0.2, 0) is 11.2 Å². The lowest BCUT2D eigenvalue weighted by atomic mass is 10.1. The number of ketones is 1. The van der Waals surface area contributed by atoms with E-state index in [0.29, 0.717) is 4.47 Å². The van der Waals surface area contributed by atoms with Crippen LogP contribution in [0.3, 0.4) is 0 Å². The second kappa shape index (κ2) is 6.48. The largest absolute Gasteiger partial charge is 0.378 e. The summed E-state index contributed by atoms with van der Waals surface area (Å²) in [6.45, 7) is 0.258. The molecule has 0 aromatic heterocycles. The van der Waals surface area contributed by atoms with Crippen molar-refractivity contribution in [2.45, 2.75) is 6.42 Å². The molecule has 0 heterocycles. The molecule has 0 saturated heterocycles. The molecule has 0 spiro atoms. The molecule has 0 bridgehead atoms. The molecule has 0 aliphatic carbocycles. The molecule has 0 amide bonds. The van der Waals surface area contributed by atoms with Crippen LogP contribution < -0.4 is 5.32 Å². The number of halogens is 2. The normalized spacial score (nSPS) is 10.2. The predicted octanol–water partition coefficient (Wildman–Crippen LogP) is 3.81. The van der Waals surface area contributed by atoms with E-state index in [1.165, 1.54) is 12.1 Å². The maximum absolute atomic E-state index is 12.9. The lowest BCUT2D eigenvalue weighted by Gasteiger charge is -2.07. The van der Waals surface area contributed by atoms with E-state index in [9.17, 15) is 9.18 Å². The zero-order chi connectivity index (χ0) is 13.7. The Morgan fingerprint density at radius 3 is 2.58 bits per heavy atom. The van der Waals surface area contributed by atoms with Crippen molar-refractivity contribution in [3.8, 4) is 0 Å². The molecule has 0 atom stereocenters. The fraction of sp³-hybridized carbons (Fsp3) is 0.133. The summed E-state index contributed by atoms with van der Waals surface area (Å²) < 4.78 is 13.6. The van der Waals surface area contributed by atoms with Gasteiger partial charge in [-0.05, 0) is 29.8 Å². The first kappa shape index (κ1) is 13.7. The van der Waals surface area contributed by atoms with Crippen LogP contribution in [0, 0.1) is 5.82 Å². The number of nitrogens with one attached hydrogen (secondary N) is 1. The Morgan fingerprint density at radius 2 is 1.89 bits per heavy atom. The topological polar surface area (TPSA) is 29.1 Å². The number of carbonyl (C=O) groups is 1. The quantitative estimate of drug-likeness (QED) is 0.907. The summed E-state index contributed by atoms with van der Waals surface area (Å²) in [4.78, 5) is 11.8. The molecule has 19 heavy (non-hydrogen) atoms. The molecule has 1 N–H and O–H groups in total. The van der Waals surface area contributed by atoms with Crippen LogP contribution in [0.4, 0.5) is 10.1 Å². The van der Waals surface area contributed by atoms with Crippen LogP contribution in [0.5, 0.6) is 0 Å². The van der Waals surface area contributed by atoms with Gasteiger partial charge in [-0.3, -0.25) is 4.79 Å². The standard InChI is InChI=1S/C15H13BrFNO/c16-15-9-12(17)7-6-11(15)8-14(19)10-18-13-4-2-1-3-5-13/h1-7,9,18H,8,10H2. The molecule has 2 aromatic carbocycles. The van der Waals surface area contributed by atoms with Crippen molar-refractivity contribution in [1.29, 1.82) is 0 Å². The molecule has 0 fully saturated rings. The Hall–Kier alpha value is -1.68. The molecule has 98 valence electrons. The van der Waals surface area contributed by atoms with E-state index in [4.69, 9.17) is 0 Å². The van der Waals surface area contributed by atoms with Gasteiger partial charge in [0.2, 0.25) is 0 Å². The lowest BCUT2D eigenvalue weighted by Crippen LogP contribution is -2.16. The van der Waals surface area contributed by atoms with Crippen molar-refractivity contribution in [2.24, 2.45) is 0 Å². The maximum Gasteiger partial charge on any atom is 0.156 e. The third kappa shape index (κ3) is 4.17. The van der Waals surface area contributed by atoms with E-state index in [0.717, 1.165) is 11.3 Å². The summed E-state index contributed by atoms with van der Waals surface area (Å²) in [6, 6.07) is 13.9. The van der Waals surface area contributed by atoms with Gasteiger partial charge in [0.15, 0.2) is 5.78 Å². The fourth-order valence-electron chi connectivity index (χ4n) is 1.70. The predicted molar refractivity (Wildman–Crippen MR) is 77.7 cm³/mol. The number of hydrogen-bond donors (Lipinski definition) is 1. The highest BCUT2D eigenvalue weighted by Gasteiger charge is 2.07. The van der Waals surface area contributed by atoms with Gasteiger partial charge in [0, 0.05) is 16.6 Å². The molecule has 2 rings (SSSR count). The van der Waals surface area contributed by atoms with Crippen LogP contribution in [0.15, 0.2) is 53.0 Å². The monoisotopic (exact) mass is 321 g/mol. The minimum absolute atomic E-state index is 0.0520. The van der Waals surface area contributed by atoms with Gasteiger partial charge in [-0.15, -0.1) is 0 Å². The molecule has 0 aliphatic rings. The third-order valence-electron chi connectivity index (χ3n) is 2.67. The lowest BCUT2D eigenvalue weighted by molar-refractivity contribution is -0.116. The number of para-hydroxylation sites is 1. The van der Waals surface area contributed by atoms with E-state index in [2.05, 4.69) is 21.2 Å². The number of Topliss-reactive ketones (excluding diaryl/α,β-unsaturated/α-hetero) is 1. The zero-order valence-electron chi connectivity index (χ0n) is 10.2. The molecule has 0 unspecified atom stereocenters. The second-order valence-electron chi connectivity index (χ2n) is 4.17. The number of rotatable bonds is 5. The van der Waals surface area contributed by atoms with Gasteiger partial charge in [-0.2, -0.15) is 0 Å². The Morgan fingerprint density at radius 1 is 1.16 bits per heavy atom. The van der Waals surface area contributed by atoms with Crippen LogP contribution in [0.2, 0.25) is 0 Å². The van der Waals surface area contributed by atoms with E-state index in [-0.39, 0.29) is 24.6 Å². The first-order valence-electron chi connectivity index (χ1n) is 5.90. The van der Waals surface area contributed by atoms with E-state index in [1.54, 1.807) is 6.07 Å². The summed E-state index contributed by atoms with van der Waals surface area (Å²) >= 11 is 3.26. The first-order valence-corrected chi connectivity index (χ1v) is 6.69. The SMILES string of the molecule is O=C(CNc1ccccc1)Cc1ccc(F)cc1Br. The maximum atomic E-state index is 12.9. The van der Waals surface area contributed by atoms with Crippen LogP contribution >= 0.6 is 15.9 Å². The highest BCUT2D eigenvalue weighted by Crippen LogP contribution is 2.18. The molecule has 0 aliphatic heterocycles. The highest BCUT2D eigenvalue weighted by atomic mass is 79.9. The molecule has 0 radical (unpaired) electrons. The smallest absolute Gasteiger partial charge is 0.156 e. The Labute approximate surface area is 119 Å². The van der Waals surface area contributed by atoms with Gasteiger partial charge in [0.25, 0.3) is 0 Å². The summed E-state index contributed by atoms with van der Waals surface area (Å²) in [6.07, 6.45) is 0.278. The summed E-state index contributed by atoms with van der Waals surface area (Å²) in [5.74, 6) is -0.262. The van der Waals surface area contributed by atoms with E-state index >= 15 is 0 Å². The second-order valence-corrected chi connectivity index (χ2v) is 5.03. The van der Waals surface area contributed by atoms with Gasteiger partial charge < -0.3 is 5.32 Å². The van der Waals surface area contributed by atoms with E-state index < -0.39 is 0 Å². The van der Waals surface area contributed by atoms with Gasteiger partial charge in [0.05, 0.1) is 6.54 Å². The average Bonchev–Trinajstić information content (AvgIpc) is 2.41. The number of benzene rings is 2. The molecular weight excluding hydrogens is 309 g/mol. The van der Waals surface area contributed by atoms with Gasteiger partial charge >= 0.3 is 0 Å². The van der Waals surface area contributed by atoms with Gasteiger partial charge in [-0.1, -0.05) is 40.2 Å². The minimum Gasteiger partial charge on any atom is -0.378 e. The fourth-order valence-corrected chi connectivity index (χ4v) is 2.19. The van der Waals surface area contributed by atoms with Crippen LogP contribution in [0.1, 0.15) is 5.56 Å². The van der Waals surface area contributed by atoms with Crippen molar-refractivity contribution in [3.05, 3.63) is 64.4 Å². The average molecular weight is 322 g/mol. The number of carbonyl (C=O) groups excluding carboxylic acids is 1. The van der Waals surface area contributed by atoms with Crippen LogP contribution in [-0.4, -0.2) is 12.3 Å². The Bertz CT molecular complexity index is 572. The molecular formula is C15H13BrFNO.